The molecule has 1 saturated carbocycles. The van der Waals surface area contributed by atoms with Crippen molar-refractivity contribution < 1.29 is 23.1 Å². The Kier molecular flexibility index (Phi) is 5.23. The molecule has 2 heterocycles. The van der Waals surface area contributed by atoms with Crippen molar-refractivity contribution in [3.8, 4) is 0 Å². The number of hydrogen-bond acceptors (Lipinski definition) is 5. The molecule has 2 fully saturated rings. The average molecular weight is 399 g/mol. The molecule has 142 valence electrons. The average Bonchev–Trinajstić information content (AvgIpc) is 3.09. The highest BCUT2D eigenvalue weighted by atomic mass is 32.2. The number of nitrogens with zero attached hydrogens (tertiary/aromatic N) is 2. The topological polar surface area (TPSA) is 95.0 Å². The summed E-state index contributed by atoms with van der Waals surface area (Å²) in [6.45, 7) is 4.90. The predicted octanol–water partition coefficient (Wildman–Crippen LogP) is 2.03. The van der Waals surface area contributed by atoms with Crippen molar-refractivity contribution in [3.05, 3.63) is 29.7 Å². The molecule has 1 aliphatic carbocycles. The van der Waals surface area contributed by atoms with E-state index in [1.165, 1.54) is 15.8 Å². The maximum atomic E-state index is 12.8. The number of thiophene rings is 1. The van der Waals surface area contributed by atoms with Crippen LogP contribution in [0.15, 0.2) is 28.3 Å². The molecule has 1 aromatic rings. The number of allylic oxidation sites excluding steroid dienone is 1. The zero-order valence-corrected chi connectivity index (χ0v) is 16.0. The summed E-state index contributed by atoms with van der Waals surface area (Å²) in [7, 11) is -3.73. The number of hydrogen-bond donors (Lipinski definition) is 1. The van der Waals surface area contributed by atoms with Crippen LogP contribution in [0.25, 0.3) is 0 Å². The Morgan fingerprint density at radius 2 is 1.92 bits per heavy atom. The van der Waals surface area contributed by atoms with Gasteiger partial charge in [-0.3, -0.25) is 4.79 Å². The molecule has 1 N–H and O–H groups in total. The molecule has 9 heteroatoms. The minimum absolute atomic E-state index is 0.0248. The van der Waals surface area contributed by atoms with Crippen molar-refractivity contribution in [3.63, 3.8) is 0 Å². The van der Waals surface area contributed by atoms with Crippen LogP contribution in [-0.4, -0.2) is 60.8 Å². The molecular formula is C17H22N2O5S2. The fraction of sp³-hybridized carbons (Fsp3) is 0.529. The fourth-order valence-electron chi connectivity index (χ4n) is 3.54. The van der Waals surface area contributed by atoms with E-state index >= 15 is 0 Å². The molecule has 7 nitrogen and oxygen atoms in total. The molecule has 0 unspecified atom stereocenters. The van der Waals surface area contributed by atoms with Crippen molar-refractivity contribution in [1.82, 2.24) is 9.21 Å². The third kappa shape index (κ3) is 3.30. The Labute approximate surface area is 157 Å². The Hall–Kier alpha value is -1.71. The second kappa shape index (κ2) is 7.13. The van der Waals surface area contributed by atoms with Crippen LogP contribution in [0.2, 0.25) is 0 Å². The fourth-order valence-corrected chi connectivity index (χ4v) is 6.27. The lowest BCUT2D eigenvalue weighted by Crippen LogP contribution is -2.55. The van der Waals surface area contributed by atoms with Gasteiger partial charge < -0.3 is 10.0 Å². The van der Waals surface area contributed by atoms with Crippen molar-refractivity contribution in [2.45, 2.75) is 29.9 Å². The van der Waals surface area contributed by atoms with Gasteiger partial charge in [-0.1, -0.05) is 12.5 Å². The molecule has 2 aliphatic rings. The summed E-state index contributed by atoms with van der Waals surface area (Å²) in [6.07, 6.45) is 5.22. The number of carboxylic acid groups (broad SMARTS) is 1. The molecule has 1 aromatic heterocycles. The predicted molar refractivity (Wildman–Crippen MR) is 97.7 cm³/mol. The number of aromatic carboxylic acids is 1. The highest BCUT2D eigenvalue weighted by Crippen LogP contribution is 2.45. The van der Waals surface area contributed by atoms with Gasteiger partial charge in [-0.05, 0) is 25.3 Å². The third-order valence-electron chi connectivity index (χ3n) is 5.24. The highest BCUT2D eigenvalue weighted by Gasteiger charge is 2.46. The molecule has 1 saturated heterocycles. The summed E-state index contributed by atoms with van der Waals surface area (Å²) in [5.74, 6) is -1.05. The largest absolute Gasteiger partial charge is 0.478 e. The van der Waals surface area contributed by atoms with Crippen LogP contribution in [0, 0.1) is 5.41 Å². The molecule has 3 rings (SSSR count). The van der Waals surface area contributed by atoms with Gasteiger partial charge in [0.2, 0.25) is 5.91 Å². The number of amides is 1. The lowest BCUT2D eigenvalue weighted by molar-refractivity contribution is -0.148. The number of carbonyl (C=O) groups is 2. The van der Waals surface area contributed by atoms with Gasteiger partial charge in [0, 0.05) is 31.6 Å². The number of carbonyl (C=O) groups excluding carboxylic acids is 1. The number of piperazine rings is 1. The van der Waals surface area contributed by atoms with Gasteiger partial charge in [0.1, 0.15) is 4.21 Å². The molecule has 1 amide bonds. The first-order valence-corrected chi connectivity index (χ1v) is 10.8. The molecule has 0 radical (unpaired) electrons. The standard InChI is InChI=1S/C17H22N2O5S2/c1-2-4-17(5-3-6-17)16(22)18-7-9-19(10-8-18)26(23,24)14-11-13(12-25-14)15(20)21/h2,11-12H,1,3-10H2,(H,20,21). The minimum Gasteiger partial charge on any atom is -0.478 e. The zero-order chi connectivity index (χ0) is 18.9. The third-order valence-corrected chi connectivity index (χ3v) is 8.56. The molecule has 0 aromatic carbocycles. The minimum atomic E-state index is -3.73. The van der Waals surface area contributed by atoms with Crippen LogP contribution in [-0.2, 0) is 14.8 Å². The van der Waals surface area contributed by atoms with Crippen LogP contribution >= 0.6 is 11.3 Å². The maximum absolute atomic E-state index is 12.8. The van der Waals surface area contributed by atoms with Crippen LogP contribution in [0.1, 0.15) is 36.0 Å². The summed E-state index contributed by atoms with van der Waals surface area (Å²) in [4.78, 5) is 25.6. The second-order valence-corrected chi connectivity index (χ2v) is 9.86. The van der Waals surface area contributed by atoms with Crippen LogP contribution < -0.4 is 0 Å². The SMILES string of the molecule is C=CCC1(C(=O)N2CCN(S(=O)(=O)c3cc(C(=O)O)cs3)CC2)CCC1. The molecule has 26 heavy (non-hydrogen) atoms. The Morgan fingerprint density at radius 3 is 2.38 bits per heavy atom. The van der Waals surface area contributed by atoms with Crippen LogP contribution in [0.5, 0.6) is 0 Å². The van der Waals surface area contributed by atoms with Gasteiger partial charge in [-0.15, -0.1) is 17.9 Å². The molecule has 0 bridgehead atoms. The molecule has 1 aliphatic heterocycles. The van der Waals surface area contributed by atoms with Gasteiger partial charge >= 0.3 is 5.97 Å². The van der Waals surface area contributed by atoms with Gasteiger partial charge in [0.05, 0.1) is 11.0 Å². The summed E-state index contributed by atoms with van der Waals surface area (Å²) in [6, 6.07) is 1.19. The Bertz CT molecular complexity index is 818. The number of sulfonamides is 1. The quantitative estimate of drug-likeness (QED) is 0.740. The van der Waals surface area contributed by atoms with Crippen molar-refractivity contribution in [1.29, 1.82) is 0 Å². The van der Waals surface area contributed by atoms with Gasteiger partial charge in [0.15, 0.2) is 0 Å². The van der Waals surface area contributed by atoms with E-state index in [0.717, 1.165) is 30.6 Å². The molecule has 0 spiro atoms. The van der Waals surface area contributed by atoms with Crippen LogP contribution in [0.4, 0.5) is 0 Å². The Morgan fingerprint density at radius 1 is 1.27 bits per heavy atom. The molecular weight excluding hydrogens is 376 g/mol. The summed E-state index contributed by atoms with van der Waals surface area (Å²) >= 11 is 0.907. The van der Waals surface area contributed by atoms with Gasteiger partial charge in [-0.2, -0.15) is 4.31 Å². The monoisotopic (exact) mass is 398 g/mol. The maximum Gasteiger partial charge on any atom is 0.336 e. The zero-order valence-electron chi connectivity index (χ0n) is 14.4. The highest BCUT2D eigenvalue weighted by molar-refractivity contribution is 7.91. The van der Waals surface area contributed by atoms with E-state index in [1.807, 2.05) is 0 Å². The normalized spacial score (nSPS) is 20.4. The Balaban J connectivity index is 1.66. The van der Waals surface area contributed by atoms with Gasteiger partial charge in [0.25, 0.3) is 10.0 Å². The van der Waals surface area contributed by atoms with E-state index in [-0.39, 0.29) is 34.2 Å². The van der Waals surface area contributed by atoms with Crippen LogP contribution in [0.3, 0.4) is 0 Å². The van der Waals surface area contributed by atoms with Crippen molar-refractivity contribution in [2.24, 2.45) is 5.41 Å². The first kappa shape index (κ1) is 19.1. The van der Waals surface area contributed by atoms with Crippen molar-refractivity contribution in [2.75, 3.05) is 26.2 Å². The number of carboxylic acids is 1. The number of rotatable bonds is 6. The summed E-state index contributed by atoms with van der Waals surface area (Å²) < 4.78 is 26.7. The lowest BCUT2D eigenvalue weighted by atomic mass is 9.65. The first-order chi connectivity index (χ1) is 12.3. The smallest absolute Gasteiger partial charge is 0.336 e. The van der Waals surface area contributed by atoms with Crippen molar-refractivity contribution >= 4 is 33.2 Å². The van der Waals surface area contributed by atoms with E-state index in [4.69, 9.17) is 5.11 Å². The molecule has 0 atom stereocenters. The van der Waals surface area contributed by atoms with E-state index in [1.54, 1.807) is 11.0 Å². The van der Waals surface area contributed by atoms with E-state index in [9.17, 15) is 18.0 Å². The van der Waals surface area contributed by atoms with Gasteiger partial charge in [-0.25, -0.2) is 13.2 Å². The first-order valence-electron chi connectivity index (χ1n) is 8.52. The van der Waals surface area contributed by atoms with E-state index in [2.05, 4.69) is 6.58 Å². The van der Waals surface area contributed by atoms with E-state index < -0.39 is 16.0 Å². The van der Waals surface area contributed by atoms with E-state index in [0.29, 0.717) is 19.5 Å². The lowest BCUT2D eigenvalue weighted by Gasteiger charge is -2.45. The summed E-state index contributed by atoms with van der Waals surface area (Å²) in [5.41, 5.74) is -0.369. The summed E-state index contributed by atoms with van der Waals surface area (Å²) in [5, 5.41) is 10.3. The second-order valence-electron chi connectivity index (χ2n) is 6.78.